The van der Waals surface area contributed by atoms with Crippen LogP contribution in [0.3, 0.4) is 0 Å². The molecule has 0 bridgehead atoms. The number of fused-ring (bicyclic) bond motifs is 1. The average Bonchev–Trinajstić information content (AvgIpc) is 3.27. The molecule has 1 aliphatic carbocycles. The van der Waals surface area contributed by atoms with Gasteiger partial charge in [-0.15, -0.1) is 0 Å². The van der Waals surface area contributed by atoms with Gasteiger partial charge in [-0.25, -0.2) is 0 Å². The van der Waals surface area contributed by atoms with Crippen molar-refractivity contribution in [3.05, 3.63) is 52.8 Å². The maximum absolute atomic E-state index is 11.1. The van der Waals surface area contributed by atoms with Crippen molar-refractivity contribution in [1.82, 2.24) is 15.1 Å². The fourth-order valence-electron chi connectivity index (χ4n) is 3.61. The molecule has 1 aromatic heterocycles. The summed E-state index contributed by atoms with van der Waals surface area (Å²) in [6.07, 6.45) is 3.03. The van der Waals surface area contributed by atoms with Crippen LogP contribution in [0.5, 0.6) is 0 Å². The Balaban J connectivity index is 1.82. The summed E-state index contributed by atoms with van der Waals surface area (Å²) in [7, 11) is 0. The molecule has 1 saturated carbocycles. The lowest BCUT2D eigenvalue weighted by molar-refractivity contribution is -0.137. The zero-order chi connectivity index (χ0) is 15.2. The Labute approximate surface area is 129 Å². The maximum Gasteiger partial charge on any atom is 0.325 e. The number of nitrogens with zero attached hydrogens (tertiary/aromatic N) is 2. The smallest absolute Gasteiger partial charge is 0.325 e. The zero-order valence-electron chi connectivity index (χ0n) is 12.4. The van der Waals surface area contributed by atoms with E-state index in [-0.39, 0.29) is 12.0 Å². The molecular formula is C17H19N3O2. The lowest BCUT2D eigenvalue weighted by Gasteiger charge is -2.19. The van der Waals surface area contributed by atoms with Crippen molar-refractivity contribution in [1.29, 1.82) is 0 Å². The van der Waals surface area contributed by atoms with Crippen molar-refractivity contribution in [3.63, 3.8) is 0 Å². The Morgan fingerprint density at radius 1 is 1.32 bits per heavy atom. The van der Waals surface area contributed by atoms with Gasteiger partial charge in [0, 0.05) is 36.2 Å². The van der Waals surface area contributed by atoms with Gasteiger partial charge in [-0.2, -0.15) is 5.10 Å². The van der Waals surface area contributed by atoms with Crippen LogP contribution in [-0.2, 0) is 29.7 Å². The summed E-state index contributed by atoms with van der Waals surface area (Å²) in [5.74, 6) is -0.833. The number of carboxylic acids is 1. The minimum atomic E-state index is -0.833. The van der Waals surface area contributed by atoms with Crippen molar-refractivity contribution in [2.75, 3.05) is 6.54 Å². The van der Waals surface area contributed by atoms with Crippen LogP contribution >= 0.6 is 0 Å². The number of nitrogens with one attached hydrogen (secondary N) is 1. The summed E-state index contributed by atoms with van der Waals surface area (Å²) >= 11 is 0. The molecule has 4 rings (SSSR count). The van der Waals surface area contributed by atoms with E-state index < -0.39 is 5.97 Å². The zero-order valence-corrected chi connectivity index (χ0v) is 12.4. The number of benzene rings is 1. The van der Waals surface area contributed by atoms with E-state index >= 15 is 0 Å². The Kier molecular flexibility index (Phi) is 3.04. The molecule has 0 unspecified atom stereocenters. The van der Waals surface area contributed by atoms with Crippen molar-refractivity contribution in [2.24, 2.45) is 0 Å². The van der Waals surface area contributed by atoms with Gasteiger partial charge in [0.05, 0.1) is 5.69 Å². The Bertz CT molecular complexity index is 717. The monoisotopic (exact) mass is 297 g/mol. The second-order valence-corrected chi connectivity index (χ2v) is 6.20. The van der Waals surface area contributed by atoms with E-state index in [2.05, 4.69) is 29.6 Å². The Morgan fingerprint density at radius 2 is 2.09 bits per heavy atom. The molecule has 0 saturated heterocycles. The summed E-state index contributed by atoms with van der Waals surface area (Å²) < 4.78 is 1.71. The minimum Gasteiger partial charge on any atom is -0.480 e. The molecule has 0 radical (unpaired) electrons. The average molecular weight is 297 g/mol. The fraction of sp³-hybridized carbons (Fsp3) is 0.412. The molecule has 0 amide bonds. The standard InChI is InChI=1S/C17H19N3O2/c21-15(22)11-20-14-6-9-18-10-13(14)16(19-20)17(7-8-17)12-4-2-1-3-5-12/h1-5,18H,6-11H2,(H,21,22). The van der Waals surface area contributed by atoms with Crippen LogP contribution in [0.15, 0.2) is 30.3 Å². The molecule has 0 spiro atoms. The van der Waals surface area contributed by atoms with Crippen LogP contribution in [-0.4, -0.2) is 27.4 Å². The van der Waals surface area contributed by atoms with E-state index in [1.54, 1.807) is 4.68 Å². The SMILES string of the molecule is O=C(O)Cn1nc(C2(c3ccccc3)CC2)c2c1CCNC2. The van der Waals surface area contributed by atoms with Crippen LogP contribution in [0, 0.1) is 0 Å². The lowest BCUT2D eigenvalue weighted by Crippen LogP contribution is -2.26. The molecule has 22 heavy (non-hydrogen) atoms. The van der Waals surface area contributed by atoms with Gasteiger partial charge >= 0.3 is 5.97 Å². The predicted molar refractivity (Wildman–Crippen MR) is 81.7 cm³/mol. The van der Waals surface area contributed by atoms with E-state index in [1.165, 1.54) is 11.1 Å². The van der Waals surface area contributed by atoms with Gasteiger partial charge in [-0.1, -0.05) is 30.3 Å². The topological polar surface area (TPSA) is 67.1 Å². The summed E-state index contributed by atoms with van der Waals surface area (Å²) in [5.41, 5.74) is 4.69. The third-order valence-corrected chi connectivity index (χ3v) is 4.82. The number of carboxylic acid groups (broad SMARTS) is 1. The van der Waals surface area contributed by atoms with Crippen molar-refractivity contribution < 1.29 is 9.90 Å². The highest BCUT2D eigenvalue weighted by molar-refractivity contribution is 5.66. The van der Waals surface area contributed by atoms with Crippen LogP contribution in [0.2, 0.25) is 0 Å². The van der Waals surface area contributed by atoms with Gasteiger partial charge in [0.15, 0.2) is 0 Å². The second-order valence-electron chi connectivity index (χ2n) is 6.20. The largest absolute Gasteiger partial charge is 0.480 e. The first-order chi connectivity index (χ1) is 10.7. The Hall–Kier alpha value is -2.14. The van der Waals surface area contributed by atoms with E-state index in [0.29, 0.717) is 0 Å². The molecule has 2 aliphatic rings. The summed E-state index contributed by atoms with van der Waals surface area (Å²) in [4.78, 5) is 11.1. The molecule has 1 fully saturated rings. The fourth-order valence-corrected chi connectivity index (χ4v) is 3.61. The van der Waals surface area contributed by atoms with Crippen molar-refractivity contribution in [2.45, 2.75) is 37.8 Å². The molecule has 1 aliphatic heterocycles. The van der Waals surface area contributed by atoms with Crippen LogP contribution in [0.4, 0.5) is 0 Å². The van der Waals surface area contributed by atoms with E-state index in [4.69, 9.17) is 10.2 Å². The number of aromatic nitrogens is 2. The highest BCUT2D eigenvalue weighted by atomic mass is 16.4. The summed E-state index contributed by atoms with van der Waals surface area (Å²) in [6.45, 7) is 1.63. The van der Waals surface area contributed by atoms with E-state index in [1.807, 2.05) is 6.07 Å². The van der Waals surface area contributed by atoms with Crippen LogP contribution in [0.1, 0.15) is 35.4 Å². The highest BCUT2D eigenvalue weighted by Gasteiger charge is 2.50. The highest BCUT2D eigenvalue weighted by Crippen LogP contribution is 2.54. The van der Waals surface area contributed by atoms with Gasteiger partial charge in [-0.3, -0.25) is 9.48 Å². The quantitative estimate of drug-likeness (QED) is 0.901. The molecule has 1 aromatic carbocycles. The molecule has 2 aromatic rings. The van der Waals surface area contributed by atoms with E-state index in [0.717, 1.165) is 43.7 Å². The lowest BCUT2D eigenvalue weighted by atomic mass is 9.88. The third kappa shape index (κ3) is 2.04. The molecule has 0 atom stereocenters. The van der Waals surface area contributed by atoms with Crippen molar-refractivity contribution >= 4 is 5.97 Å². The number of hydrogen-bond donors (Lipinski definition) is 2. The molecule has 5 heteroatoms. The Morgan fingerprint density at radius 3 is 2.77 bits per heavy atom. The number of rotatable bonds is 4. The molecule has 2 N–H and O–H groups in total. The number of carbonyl (C=O) groups is 1. The summed E-state index contributed by atoms with van der Waals surface area (Å²) in [6, 6.07) is 10.5. The maximum atomic E-state index is 11.1. The van der Waals surface area contributed by atoms with Gasteiger partial charge in [0.1, 0.15) is 6.54 Å². The summed E-state index contributed by atoms with van der Waals surface area (Å²) in [5, 5.41) is 17.3. The van der Waals surface area contributed by atoms with E-state index in [9.17, 15) is 4.79 Å². The first-order valence-corrected chi connectivity index (χ1v) is 7.78. The minimum absolute atomic E-state index is 0.00584. The predicted octanol–water partition coefficient (Wildman–Crippen LogP) is 1.69. The van der Waals surface area contributed by atoms with Gasteiger partial charge in [-0.05, 0) is 18.4 Å². The first-order valence-electron chi connectivity index (χ1n) is 7.78. The van der Waals surface area contributed by atoms with Gasteiger partial charge in [0.25, 0.3) is 0 Å². The van der Waals surface area contributed by atoms with Crippen molar-refractivity contribution in [3.8, 4) is 0 Å². The molecule has 5 nitrogen and oxygen atoms in total. The molecular weight excluding hydrogens is 278 g/mol. The van der Waals surface area contributed by atoms with Crippen LogP contribution in [0.25, 0.3) is 0 Å². The molecule has 2 heterocycles. The number of aliphatic carboxylic acids is 1. The van der Waals surface area contributed by atoms with Gasteiger partial charge < -0.3 is 10.4 Å². The third-order valence-electron chi connectivity index (χ3n) is 4.82. The molecule has 114 valence electrons. The van der Waals surface area contributed by atoms with Crippen LogP contribution < -0.4 is 5.32 Å². The second kappa shape index (κ2) is 4.95. The normalized spacial score (nSPS) is 18.7. The van der Waals surface area contributed by atoms with Gasteiger partial charge in [0.2, 0.25) is 0 Å². The first kappa shape index (κ1) is 13.5. The number of hydrogen-bond acceptors (Lipinski definition) is 3.